The Kier molecular flexibility index (Phi) is 5.07. The number of ether oxygens (including phenoxy) is 1. The Morgan fingerprint density at radius 2 is 1.86 bits per heavy atom. The lowest BCUT2D eigenvalue weighted by Gasteiger charge is -2.42. The van der Waals surface area contributed by atoms with Crippen molar-refractivity contribution in [2.75, 3.05) is 26.2 Å². The lowest BCUT2D eigenvalue weighted by molar-refractivity contribution is -0.0856. The first-order valence-corrected chi connectivity index (χ1v) is 11.7. The highest BCUT2D eigenvalue weighted by Gasteiger charge is 2.51. The minimum absolute atomic E-state index is 0.0105. The van der Waals surface area contributed by atoms with Crippen LogP contribution < -0.4 is 0 Å². The van der Waals surface area contributed by atoms with Gasteiger partial charge in [-0.1, -0.05) is 12.1 Å². The number of hydrogen-bond donors (Lipinski definition) is 0. The van der Waals surface area contributed by atoms with Crippen molar-refractivity contribution in [3.63, 3.8) is 0 Å². The molecular formula is C20H24N2O4S2. The molecular weight excluding hydrogens is 396 g/mol. The number of carbonyl (C=O) groups excluding carboxylic acids is 1. The molecule has 1 spiro atoms. The van der Waals surface area contributed by atoms with Gasteiger partial charge in [0, 0.05) is 38.0 Å². The number of likely N-dealkylation sites (tertiary alicyclic amines) is 1. The summed E-state index contributed by atoms with van der Waals surface area (Å²) in [6, 6.07) is 9.11. The highest BCUT2D eigenvalue weighted by atomic mass is 32.2. The van der Waals surface area contributed by atoms with Crippen LogP contribution in [0.25, 0.3) is 0 Å². The number of aryl methyl sites for hydroxylation is 2. The van der Waals surface area contributed by atoms with E-state index in [1.807, 2.05) is 32.0 Å². The molecule has 1 amide bonds. The fourth-order valence-corrected chi connectivity index (χ4v) is 6.79. The van der Waals surface area contributed by atoms with Crippen LogP contribution in [0.15, 0.2) is 39.9 Å². The Hall–Kier alpha value is -1.74. The summed E-state index contributed by atoms with van der Waals surface area (Å²) in [7, 11) is -3.58. The lowest BCUT2D eigenvalue weighted by Crippen LogP contribution is -2.55. The predicted molar refractivity (Wildman–Crippen MR) is 108 cm³/mol. The smallest absolute Gasteiger partial charge is 0.255 e. The first kappa shape index (κ1) is 19.6. The molecule has 1 aromatic carbocycles. The fraction of sp³-hybridized carbons (Fsp3) is 0.450. The topological polar surface area (TPSA) is 66.9 Å². The third kappa shape index (κ3) is 3.28. The number of amides is 1. The number of benzene rings is 1. The van der Waals surface area contributed by atoms with Gasteiger partial charge in [0.1, 0.15) is 9.93 Å². The van der Waals surface area contributed by atoms with E-state index in [-0.39, 0.29) is 5.91 Å². The van der Waals surface area contributed by atoms with Crippen LogP contribution >= 0.6 is 11.3 Å². The van der Waals surface area contributed by atoms with Crippen LogP contribution in [0.3, 0.4) is 0 Å². The van der Waals surface area contributed by atoms with Gasteiger partial charge in [-0.2, -0.15) is 4.31 Å². The van der Waals surface area contributed by atoms with Crippen LogP contribution in [-0.4, -0.2) is 55.5 Å². The van der Waals surface area contributed by atoms with Gasteiger partial charge >= 0.3 is 0 Å². The standard InChI is InChI=1S/C20H24N2O4S2/c1-15-5-6-17(14-16(15)2)19(23)21-9-7-20(8-10-21)22(11-12-26-20)28(24,25)18-4-3-13-27-18/h3-6,13-14H,7-12H2,1-2H3. The summed E-state index contributed by atoms with van der Waals surface area (Å²) in [6.45, 7) is 5.71. The molecule has 2 aliphatic heterocycles. The van der Waals surface area contributed by atoms with Crippen LogP contribution in [0.4, 0.5) is 0 Å². The van der Waals surface area contributed by atoms with Gasteiger partial charge in [0.25, 0.3) is 15.9 Å². The molecule has 150 valence electrons. The molecule has 0 saturated carbocycles. The predicted octanol–water partition coefficient (Wildman–Crippen LogP) is 3.02. The molecule has 3 heterocycles. The van der Waals surface area contributed by atoms with Crippen molar-refractivity contribution < 1.29 is 17.9 Å². The van der Waals surface area contributed by atoms with Crippen molar-refractivity contribution in [3.8, 4) is 0 Å². The van der Waals surface area contributed by atoms with E-state index in [0.29, 0.717) is 48.9 Å². The van der Waals surface area contributed by atoms with Crippen LogP contribution in [0.1, 0.15) is 34.3 Å². The van der Waals surface area contributed by atoms with Gasteiger partial charge in [-0.3, -0.25) is 4.79 Å². The van der Waals surface area contributed by atoms with Gasteiger partial charge in [0.15, 0.2) is 0 Å². The molecule has 4 rings (SSSR count). The number of carbonyl (C=O) groups is 1. The van der Waals surface area contributed by atoms with E-state index in [9.17, 15) is 13.2 Å². The van der Waals surface area contributed by atoms with Crippen molar-refractivity contribution in [1.82, 2.24) is 9.21 Å². The van der Waals surface area contributed by atoms with Gasteiger partial charge in [-0.05, 0) is 48.6 Å². The van der Waals surface area contributed by atoms with Gasteiger partial charge in [0.2, 0.25) is 0 Å². The summed E-state index contributed by atoms with van der Waals surface area (Å²) in [6.07, 6.45) is 0.961. The van der Waals surface area contributed by atoms with Crippen LogP contribution in [0, 0.1) is 13.8 Å². The number of thiophene rings is 1. The van der Waals surface area contributed by atoms with Gasteiger partial charge in [-0.15, -0.1) is 11.3 Å². The average Bonchev–Trinajstić information content (AvgIpc) is 3.35. The summed E-state index contributed by atoms with van der Waals surface area (Å²) in [5.74, 6) is -0.0105. The van der Waals surface area contributed by atoms with Crippen molar-refractivity contribution in [1.29, 1.82) is 0 Å². The summed E-state index contributed by atoms with van der Waals surface area (Å²) in [5.41, 5.74) is 2.08. The molecule has 0 radical (unpaired) electrons. The SMILES string of the molecule is Cc1ccc(C(=O)N2CCC3(CC2)OCCN3S(=O)(=O)c2cccs2)cc1C. The van der Waals surface area contributed by atoms with Crippen LogP contribution in [0.2, 0.25) is 0 Å². The molecule has 1 aromatic heterocycles. The van der Waals surface area contributed by atoms with Gasteiger partial charge < -0.3 is 9.64 Å². The Labute approximate surface area is 169 Å². The largest absolute Gasteiger partial charge is 0.358 e. The summed E-state index contributed by atoms with van der Waals surface area (Å²) in [4.78, 5) is 14.7. The highest BCUT2D eigenvalue weighted by molar-refractivity contribution is 7.91. The second-order valence-electron chi connectivity index (χ2n) is 7.40. The van der Waals surface area contributed by atoms with E-state index in [0.717, 1.165) is 11.1 Å². The minimum atomic E-state index is -3.58. The zero-order valence-corrected chi connectivity index (χ0v) is 17.7. The summed E-state index contributed by atoms with van der Waals surface area (Å²) < 4.78 is 33.9. The minimum Gasteiger partial charge on any atom is -0.358 e. The van der Waals surface area contributed by atoms with Crippen LogP contribution in [0.5, 0.6) is 0 Å². The molecule has 0 N–H and O–H groups in total. The molecule has 2 fully saturated rings. The van der Waals surface area contributed by atoms with E-state index >= 15 is 0 Å². The Balaban J connectivity index is 1.51. The van der Waals surface area contributed by atoms with E-state index in [4.69, 9.17) is 4.74 Å². The Bertz CT molecular complexity index is 978. The molecule has 2 aliphatic rings. The summed E-state index contributed by atoms with van der Waals surface area (Å²) >= 11 is 1.22. The number of hydrogen-bond acceptors (Lipinski definition) is 5. The maximum absolute atomic E-state index is 13.1. The Morgan fingerprint density at radius 1 is 1.11 bits per heavy atom. The average molecular weight is 421 g/mol. The van der Waals surface area contributed by atoms with Crippen molar-refractivity contribution in [2.45, 2.75) is 36.6 Å². The molecule has 0 bridgehead atoms. The molecule has 8 heteroatoms. The third-order valence-corrected chi connectivity index (χ3v) is 9.07. The maximum atomic E-state index is 13.1. The zero-order valence-electron chi connectivity index (χ0n) is 16.1. The molecule has 6 nitrogen and oxygen atoms in total. The number of rotatable bonds is 3. The van der Waals surface area contributed by atoms with E-state index in [1.165, 1.54) is 15.6 Å². The monoisotopic (exact) mass is 420 g/mol. The van der Waals surface area contributed by atoms with E-state index in [2.05, 4.69) is 0 Å². The number of piperidine rings is 1. The second kappa shape index (κ2) is 7.26. The third-order valence-electron chi connectivity index (χ3n) is 5.74. The van der Waals surface area contributed by atoms with Gasteiger partial charge in [0.05, 0.1) is 6.61 Å². The quantitative estimate of drug-likeness (QED) is 0.766. The molecule has 28 heavy (non-hydrogen) atoms. The fourth-order valence-electron chi connectivity index (χ4n) is 3.96. The van der Waals surface area contributed by atoms with Crippen molar-refractivity contribution in [3.05, 3.63) is 52.4 Å². The second-order valence-corrected chi connectivity index (χ2v) is 10.4. The maximum Gasteiger partial charge on any atom is 0.255 e. The number of nitrogens with zero attached hydrogens (tertiary/aromatic N) is 2. The molecule has 2 saturated heterocycles. The highest BCUT2D eigenvalue weighted by Crippen LogP contribution is 2.39. The van der Waals surface area contributed by atoms with Crippen molar-refractivity contribution >= 4 is 27.3 Å². The molecule has 0 unspecified atom stereocenters. The van der Waals surface area contributed by atoms with E-state index < -0.39 is 15.7 Å². The molecule has 0 atom stereocenters. The normalized spacial score (nSPS) is 20.0. The first-order valence-electron chi connectivity index (χ1n) is 9.40. The number of sulfonamides is 1. The Morgan fingerprint density at radius 3 is 2.50 bits per heavy atom. The van der Waals surface area contributed by atoms with Gasteiger partial charge in [-0.25, -0.2) is 8.42 Å². The molecule has 0 aliphatic carbocycles. The van der Waals surface area contributed by atoms with E-state index in [1.54, 1.807) is 22.4 Å². The van der Waals surface area contributed by atoms with Crippen LogP contribution in [-0.2, 0) is 14.8 Å². The molecule has 2 aromatic rings. The lowest BCUT2D eigenvalue weighted by atomic mass is 9.99. The first-order chi connectivity index (χ1) is 13.3. The van der Waals surface area contributed by atoms with Crippen molar-refractivity contribution in [2.24, 2.45) is 0 Å². The zero-order chi connectivity index (χ0) is 19.9. The summed E-state index contributed by atoms with van der Waals surface area (Å²) in [5, 5.41) is 1.77.